The lowest BCUT2D eigenvalue weighted by Crippen LogP contribution is -2.27. The maximum atomic E-state index is 13.3. The Kier molecular flexibility index (Phi) is 5.76. The smallest absolute Gasteiger partial charge is 0.253 e. The number of halogens is 3. The zero-order chi connectivity index (χ0) is 19.8. The Bertz CT molecular complexity index is 1010. The summed E-state index contributed by atoms with van der Waals surface area (Å²) < 4.78 is 40.7. The summed E-state index contributed by atoms with van der Waals surface area (Å²) in [4.78, 5) is 12.3. The maximum Gasteiger partial charge on any atom is 0.253 e. The molecular weight excluding hydrogens is 414 g/mol. The van der Waals surface area contributed by atoms with Crippen LogP contribution in [-0.2, 0) is 16.6 Å². The molecule has 27 heavy (non-hydrogen) atoms. The van der Waals surface area contributed by atoms with Crippen LogP contribution in [0.4, 0.5) is 4.39 Å². The van der Waals surface area contributed by atoms with Crippen LogP contribution < -0.4 is 10.0 Å². The van der Waals surface area contributed by atoms with Crippen molar-refractivity contribution < 1.29 is 17.6 Å². The van der Waals surface area contributed by atoms with Gasteiger partial charge in [-0.25, -0.2) is 17.5 Å². The summed E-state index contributed by atoms with van der Waals surface area (Å²) in [5.41, 5.74) is 1.16. The van der Waals surface area contributed by atoms with E-state index < -0.39 is 15.9 Å². The first-order chi connectivity index (χ1) is 12.7. The average Bonchev–Trinajstić information content (AvgIpc) is 3.38. The van der Waals surface area contributed by atoms with E-state index >= 15 is 0 Å². The molecule has 0 spiro atoms. The highest BCUT2D eigenvalue weighted by atomic mass is 35.5. The van der Waals surface area contributed by atoms with Gasteiger partial charge in [-0.05, 0) is 49.1 Å². The Morgan fingerprint density at radius 3 is 2.52 bits per heavy atom. The normalized spacial score (nSPS) is 14.2. The molecule has 9 heteroatoms. The topological polar surface area (TPSA) is 75.3 Å². The van der Waals surface area contributed by atoms with Crippen LogP contribution in [0.5, 0.6) is 0 Å². The minimum atomic E-state index is -3.84. The van der Waals surface area contributed by atoms with E-state index in [1.807, 2.05) is 0 Å². The van der Waals surface area contributed by atoms with Gasteiger partial charge in [-0.1, -0.05) is 35.3 Å². The number of amides is 1. The molecule has 1 saturated carbocycles. The summed E-state index contributed by atoms with van der Waals surface area (Å²) in [5, 5.41) is 2.63. The van der Waals surface area contributed by atoms with Crippen LogP contribution in [0.1, 0.15) is 34.3 Å². The van der Waals surface area contributed by atoms with Crippen molar-refractivity contribution in [2.24, 2.45) is 0 Å². The molecule has 2 aromatic rings. The monoisotopic (exact) mass is 430 g/mol. The van der Waals surface area contributed by atoms with Gasteiger partial charge in [0.15, 0.2) is 0 Å². The quantitative estimate of drug-likeness (QED) is 0.731. The van der Waals surface area contributed by atoms with E-state index in [0.717, 1.165) is 12.8 Å². The summed E-state index contributed by atoms with van der Waals surface area (Å²) in [7, 11) is -3.84. The zero-order valence-corrected chi connectivity index (χ0v) is 16.7. The molecule has 2 aromatic carbocycles. The number of aryl methyl sites for hydroxylation is 1. The number of hydrogen-bond donors (Lipinski definition) is 2. The molecule has 0 saturated heterocycles. The third-order valence-electron chi connectivity index (χ3n) is 4.13. The minimum absolute atomic E-state index is 0.00364. The molecule has 3 rings (SSSR count). The fourth-order valence-electron chi connectivity index (χ4n) is 2.49. The van der Waals surface area contributed by atoms with Gasteiger partial charge in [0.25, 0.3) is 5.91 Å². The summed E-state index contributed by atoms with van der Waals surface area (Å²) in [6.07, 6.45) is 1.55. The van der Waals surface area contributed by atoms with Crippen molar-refractivity contribution in [1.29, 1.82) is 0 Å². The molecule has 0 aliphatic heterocycles. The van der Waals surface area contributed by atoms with E-state index in [2.05, 4.69) is 10.0 Å². The molecule has 1 aliphatic carbocycles. The predicted molar refractivity (Wildman–Crippen MR) is 102 cm³/mol. The summed E-state index contributed by atoms with van der Waals surface area (Å²) >= 11 is 12.1. The van der Waals surface area contributed by atoms with Gasteiger partial charge in [-0.3, -0.25) is 4.79 Å². The van der Waals surface area contributed by atoms with Crippen LogP contribution in [-0.4, -0.2) is 20.4 Å². The standard InChI is InChI=1S/C18H17Cl2FN2O3S/c1-10-6-11(2-5-16(10)21)9-22-18(24)13-7-17(15(20)8-14(13)19)27(25,26)23-12-3-4-12/h2,5-8,12,23H,3-4,9H2,1H3,(H,22,24). The highest BCUT2D eigenvalue weighted by molar-refractivity contribution is 7.89. The molecule has 0 aromatic heterocycles. The number of sulfonamides is 1. The van der Waals surface area contributed by atoms with Crippen LogP contribution in [0.25, 0.3) is 0 Å². The van der Waals surface area contributed by atoms with Crippen LogP contribution >= 0.6 is 23.2 Å². The number of carbonyl (C=O) groups excluding carboxylic acids is 1. The summed E-state index contributed by atoms with van der Waals surface area (Å²) in [6, 6.07) is 6.80. The fraction of sp³-hybridized carbons (Fsp3) is 0.278. The van der Waals surface area contributed by atoms with Crippen molar-refractivity contribution in [3.63, 3.8) is 0 Å². The van der Waals surface area contributed by atoms with E-state index in [9.17, 15) is 17.6 Å². The lowest BCUT2D eigenvalue weighted by molar-refractivity contribution is 0.0951. The molecule has 0 heterocycles. The van der Waals surface area contributed by atoms with Crippen molar-refractivity contribution in [3.8, 4) is 0 Å². The number of hydrogen-bond acceptors (Lipinski definition) is 3. The highest BCUT2D eigenvalue weighted by Crippen LogP contribution is 2.30. The van der Waals surface area contributed by atoms with Crippen LogP contribution in [0.15, 0.2) is 35.2 Å². The first kappa shape index (κ1) is 20.1. The molecule has 0 radical (unpaired) electrons. The molecular formula is C18H17Cl2FN2O3S. The van der Waals surface area contributed by atoms with Gasteiger partial charge in [0, 0.05) is 12.6 Å². The van der Waals surface area contributed by atoms with Crippen molar-refractivity contribution in [3.05, 3.63) is 62.9 Å². The molecule has 5 nitrogen and oxygen atoms in total. The number of carbonyl (C=O) groups is 1. The minimum Gasteiger partial charge on any atom is -0.348 e. The SMILES string of the molecule is Cc1cc(CNC(=O)c2cc(S(=O)(=O)NC3CC3)c(Cl)cc2Cl)ccc1F. The van der Waals surface area contributed by atoms with Gasteiger partial charge in [0.05, 0.1) is 15.6 Å². The van der Waals surface area contributed by atoms with E-state index in [0.29, 0.717) is 11.1 Å². The Balaban J connectivity index is 1.81. The third kappa shape index (κ3) is 4.79. The van der Waals surface area contributed by atoms with Crippen molar-refractivity contribution >= 4 is 39.1 Å². The Morgan fingerprint density at radius 2 is 1.89 bits per heavy atom. The van der Waals surface area contributed by atoms with Gasteiger partial charge in [0.1, 0.15) is 10.7 Å². The highest BCUT2D eigenvalue weighted by Gasteiger charge is 2.30. The van der Waals surface area contributed by atoms with E-state index in [4.69, 9.17) is 23.2 Å². The second-order valence-electron chi connectivity index (χ2n) is 6.42. The van der Waals surface area contributed by atoms with Crippen LogP contribution in [0.2, 0.25) is 10.0 Å². The van der Waals surface area contributed by atoms with Gasteiger partial charge in [-0.2, -0.15) is 0 Å². The Morgan fingerprint density at radius 1 is 1.19 bits per heavy atom. The molecule has 0 unspecified atom stereocenters. The molecule has 1 fully saturated rings. The second kappa shape index (κ2) is 7.75. The average molecular weight is 431 g/mol. The van der Waals surface area contributed by atoms with Gasteiger partial charge in [-0.15, -0.1) is 0 Å². The van der Waals surface area contributed by atoms with Crippen LogP contribution in [0, 0.1) is 12.7 Å². The van der Waals surface area contributed by atoms with Gasteiger partial charge < -0.3 is 5.32 Å². The van der Waals surface area contributed by atoms with Crippen molar-refractivity contribution in [2.45, 2.75) is 37.2 Å². The molecule has 0 atom stereocenters. The maximum absolute atomic E-state index is 13.3. The second-order valence-corrected chi connectivity index (χ2v) is 8.92. The largest absolute Gasteiger partial charge is 0.348 e. The number of benzene rings is 2. The Labute approximate surface area is 166 Å². The summed E-state index contributed by atoms with van der Waals surface area (Å²) in [6.45, 7) is 1.77. The lowest BCUT2D eigenvalue weighted by atomic mass is 10.1. The van der Waals surface area contributed by atoms with Crippen LogP contribution in [0.3, 0.4) is 0 Å². The van der Waals surface area contributed by atoms with Crippen molar-refractivity contribution in [1.82, 2.24) is 10.0 Å². The number of nitrogens with one attached hydrogen (secondary N) is 2. The lowest BCUT2D eigenvalue weighted by Gasteiger charge is -2.12. The molecule has 0 bridgehead atoms. The zero-order valence-electron chi connectivity index (χ0n) is 14.4. The molecule has 144 valence electrons. The Hall–Kier alpha value is -1.67. The molecule has 1 amide bonds. The third-order valence-corrected chi connectivity index (χ3v) is 6.43. The molecule has 2 N–H and O–H groups in total. The van der Waals surface area contributed by atoms with E-state index in [-0.39, 0.29) is 38.9 Å². The van der Waals surface area contributed by atoms with E-state index in [1.54, 1.807) is 19.1 Å². The number of rotatable bonds is 6. The summed E-state index contributed by atoms with van der Waals surface area (Å²) in [5.74, 6) is -0.884. The van der Waals surface area contributed by atoms with Gasteiger partial charge in [0.2, 0.25) is 10.0 Å². The van der Waals surface area contributed by atoms with Crippen molar-refractivity contribution in [2.75, 3.05) is 0 Å². The van der Waals surface area contributed by atoms with E-state index in [1.165, 1.54) is 18.2 Å². The molecule has 1 aliphatic rings. The predicted octanol–water partition coefficient (Wildman–Crippen LogP) is 3.81. The fourth-order valence-corrected chi connectivity index (χ4v) is 4.65. The first-order valence-electron chi connectivity index (χ1n) is 8.22. The van der Waals surface area contributed by atoms with Gasteiger partial charge >= 0.3 is 0 Å². The first-order valence-corrected chi connectivity index (χ1v) is 10.5.